The van der Waals surface area contributed by atoms with E-state index in [4.69, 9.17) is 0 Å². The van der Waals surface area contributed by atoms with Crippen molar-refractivity contribution in [1.82, 2.24) is 0 Å². The molecule has 0 saturated heterocycles. The molecule has 0 fully saturated rings. The maximum Gasteiger partial charge on any atom is 0.225 e. The molecule has 0 aromatic heterocycles. The Bertz CT molecular complexity index is 327. The molecule has 2 nitrogen and oxygen atoms in total. The summed E-state index contributed by atoms with van der Waals surface area (Å²) < 4.78 is 25.7. The van der Waals surface area contributed by atoms with Gasteiger partial charge in [0.05, 0.1) is 4.90 Å². The Morgan fingerprint density at radius 2 is 1.71 bits per heavy atom. The molecule has 1 aromatic rings. The first kappa shape index (κ1) is 11.3. The van der Waals surface area contributed by atoms with E-state index in [0.29, 0.717) is 4.90 Å². The molecule has 0 aliphatic heterocycles. The molecular formula is C10H13FO2S. The Labute approximate surface area is 85.7 Å². The van der Waals surface area contributed by atoms with Crippen LogP contribution in [0.4, 0.5) is 4.53 Å². The predicted octanol–water partition coefficient (Wildman–Crippen LogP) is 2.91. The first-order valence-electron chi connectivity index (χ1n) is 4.26. The van der Waals surface area contributed by atoms with Crippen LogP contribution < -0.4 is 0 Å². The Hall–Kier alpha value is -0.740. The highest BCUT2D eigenvalue weighted by molar-refractivity contribution is 7.80. The third-order valence-corrected chi connectivity index (χ3v) is 2.74. The van der Waals surface area contributed by atoms with E-state index in [1.165, 1.54) is 0 Å². The zero-order valence-electron chi connectivity index (χ0n) is 8.41. The average molecular weight is 216 g/mol. The molecule has 0 aliphatic rings. The maximum atomic E-state index is 11.6. The molecule has 0 bridgehead atoms. The van der Waals surface area contributed by atoms with E-state index in [2.05, 4.69) is 25.2 Å². The molecule has 4 heteroatoms. The summed E-state index contributed by atoms with van der Waals surface area (Å²) in [6.45, 7) is 6.22. The lowest BCUT2D eigenvalue weighted by molar-refractivity contribution is 0.0125. The van der Waals surface area contributed by atoms with Crippen molar-refractivity contribution >= 4 is 11.1 Å². The van der Waals surface area contributed by atoms with Crippen molar-refractivity contribution in [3.05, 3.63) is 29.8 Å². The standard InChI is InChI=1S/C10H13FO2S/c1-10(2,3)8-4-6-9(7-5-8)14(12)13-11/h4-7H,1-3H3. The van der Waals surface area contributed by atoms with Crippen LogP contribution in [0.15, 0.2) is 29.2 Å². The van der Waals surface area contributed by atoms with Gasteiger partial charge in [-0.2, -0.15) is 0 Å². The fourth-order valence-electron chi connectivity index (χ4n) is 1.10. The van der Waals surface area contributed by atoms with Crippen LogP contribution in [0, 0.1) is 0 Å². The Balaban J connectivity index is 2.95. The second-order valence-electron chi connectivity index (χ2n) is 4.07. The lowest BCUT2D eigenvalue weighted by atomic mass is 9.87. The van der Waals surface area contributed by atoms with Crippen LogP contribution in [0.3, 0.4) is 0 Å². The van der Waals surface area contributed by atoms with Gasteiger partial charge in [0, 0.05) is 0 Å². The van der Waals surface area contributed by atoms with Gasteiger partial charge >= 0.3 is 0 Å². The Morgan fingerprint density at radius 1 is 1.21 bits per heavy atom. The Morgan fingerprint density at radius 3 is 2.07 bits per heavy atom. The summed E-state index contributed by atoms with van der Waals surface area (Å²) in [5.74, 6) is 0. The average Bonchev–Trinajstić information content (AvgIpc) is 2.15. The van der Waals surface area contributed by atoms with Gasteiger partial charge in [-0.15, -0.1) is 0 Å². The third kappa shape index (κ3) is 2.62. The van der Waals surface area contributed by atoms with Crippen LogP contribution in [-0.2, 0) is 20.9 Å². The monoisotopic (exact) mass is 216 g/mol. The first-order valence-corrected chi connectivity index (χ1v) is 5.34. The minimum Gasteiger partial charge on any atom is -0.221 e. The van der Waals surface area contributed by atoms with E-state index < -0.39 is 11.1 Å². The number of halogens is 1. The molecule has 0 spiro atoms. The van der Waals surface area contributed by atoms with Gasteiger partial charge < -0.3 is 0 Å². The van der Waals surface area contributed by atoms with Crippen LogP contribution in [0.25, 0.3) is 0 Å². The van der Waals surface area contributed by atoms with E-state index in [9.17, 15) is 8.74 Å². The number of benzene rings is 1. The van der Waals surface area contributed by atoms with E-state index in [1.807, 2.05) is 12.1 Å². The van der Waals surface area contributed by atoms with Crippen molar-refractivity contribution in [2.24, 2.45) is 0 Å². The van der Waals surface area contributed by atoms with Crippen LogP contribution >= 0.6 is 0 Å². The van der Waals surface area contributed by atoms with E-state index >= 15 is 0 Å². The van der Waals surface area contributed by atoms with Crippen LogP contribution in [0.5, 0.6) is 0 Å². The molecule has 0 aliphatic carbocycles. The number of rotatable bonds is 2. The van der Waals surface area contributed by atoms with Crippen LogP contribution in [0.2, 0.25) is 0 Å². The van der Waals surface area contributed by atoms with Gasteiger partial charge in [0.1, 0.15) is 0 Å². The van der Waals surface area contributed by atoms with Gasteiger partial charge in [-0.3, -0.25) is 0 Å². The summed E-state index contributed by atoms with van der Waals surface area (Å²) >= 11 is -1.99. The summed E-state index contributed by atoms with van der Waals surface area (Å²) in [5.41, 5.74) is 1.15. The largest absolute Gasteiger partial charge is 0.225 e. The van der Waals surface area contributed by atoms with Crippen molar-refractivity contribution < 1.29 is 13.1 Å². The highest BCUT2D eigenvalue weighted by Crippen LogP contribution is 2.23. The lowest BCUT2D eigenvalue weighted by Crippen LogP contribution is -2.10. The zero-order chi connectivity index (χ0) is 10.8. The molecule has 0 heterocycles. The molecule has 0 amide bonds. The zero-order valence-corrected chi connectivity index (χ0v) is 9.23. The molecule has 1 rings (SSSR count). The minimum absolute atomic E-state index is 0.0383. The van der Waals surface area contributed by atoms with Crippen LogP contribution in [-0.4, -0.2) is 4.21 Å². The van der Waals surface area contributed by atoms with Crippen molar-refractivity contribution in [2.45, 2.75) is 31.1 Å². The van der Waals surface area contributed by atoms with Gasteiger partial charge in [-0.1, -0.05) is 37.3 Å². The quantitative estimate of drug-likeness (QED) is 0.759. The fraction of sp³-hybridized carbons (Fsp3) is 0.400. The highest BCUT2D eigenvalue weighted by Gasteiger charge is 2.14. The molecule has 0 saturated carbocycles. The summed E-state index contributed by atoms with van der Waals surface area (Å²) in [5, 5.41) is 0. The molecule has 14 heavy (non-hydrogen) atoms. The highest BCUT2D eigenvalue weighted by atomic mass is 32.2. The van der Waals surface area contributed by atoms with Gasteiger partial charge in [0.2, 0.25) is 11.1 Å². The van der Waals surface area contributed by atoms with Crippen LogP contribution in [0.1, 0.15) is 26.3 Å². The minimum atomic E-state index is -1.99. The summed E-state index contributed by atoms with van der Waals surface area (Å²) in [6.07, 6.45) is 0. The molecule has 78 valence electrons. The molecule has 1 aromatic carbocycles. The lowest BCUT2D eigenvalue weighted by Gasteiger charge is -2.18. The van der Waals surface area contributed by atoms with Crippen molar-refractivity contribution in [2.75, 3.05) is 0 Å². The second-order valence-corrected chi connectivity index (χ2v) is 5.14. The molecule has 0 N–H and O–H groups in total. The van der Waals surface area contributed by atoms with Crippen molar-refractivity contribution in [1.29, 1.82) is 0 Å². The van der Waals surface area contributed by atoms with Crippen molar-refractivity contribution in [3.8, 4) is 0 Å². The molecule has 0 radical (unpaired) electrons. The third-order valence-electron chi connectivity index (χ3n) is 1.97. The maximum absolute atomic E-state index is 11.6. The fourth-order valence-corrected chi connectivity index (χ4v) is 1.53. The Kier molecular flexibility index (Phi) is 3.39. The number of hydrogen-bond acceptors (Lipinski definition) is 2. The normalized spacial score (nSPS) is 14.0. The second kappa shape index (κ2) is 4.19. The molecule has 1 unspecified atom stereocenters. The summed E-state index contributed by atoms with van der Waals surface area (Å²) in [4.78, 5) is 0.334. The van der Waals surface area contributed by atoms with E-state index in [-0.39, 0.29) is 5.41 Å². The number of hydrogen-bond donors (Lipinski definition) is 0. The summed E-state index contributed by atoms with van der Waals surface area (Å²) in [7, 11) is 0. The van der Waals surface area contributed by atoms with Gasteiger partial charge in [0.15, 0.2) is 0 Å². The van der Waals surface area contributed by atoms with E-state index in [0.717, 1.165) is 5.56 Å². The van der Waals surface area contributed by atoms with Gasteiger partial charge in [-0.05, 0) is 27.6 Å². The smallest absolute Gasteiger partial charge is 0.221 e. The predicted molar refractivity (Wildman–Crippen MR) is 53.7 cm³/mol. The summed E-state index contributed by atoms with van der Waals surface area (Å²) in [6, 6.07) is 6.87. The van der Waals surface area contributed by atoms with Gasteiger partial charge in [-0.25, -0.2) is 4.21 Å². The van der Waals surface area contributed by atoms with Crippen molar-refractivity contribution in [3.63, 3.8) is 0 Å². The van der Waals surface area contributed by atoms with E-state index in [1.54, 1.807) is 12.1 Å². The first-order chi connectivity index (χ1) is 6.45. The molecular weight excluding hydrogens is 203 g/mol. The molecule has 1 atom stereocenters. The van der Waals surface area contributed by atoms with Gasteiger partial charge in [0.25, 0.3) is 0 Å². The SMILES string of the molecule is CC(C)(C)c1ccc(S(=O)OF)cc1. The topological polar surface area (TPSA) is 26.3 Å².